The van der Waals surface area contributed by atoms with Crippen LogP contribution in [-0.2, 0) is 6.61 Å². The highest BCUT2D eigenvalue weighted by molar-refractivity contribution is 6.05. The summed E-state index contributed by atoms with van der Waals surface area (Å²) in [7, 11) is 3.17. The molecule has 5 nitrogen and oxygen atoms in total. The number of rotatable bonds is 8. The summed E-state index contributed by atoms with van der Waals surface area (Å²) in [6.45, 7) is 0.267. The third kappa shape index (κ3) is 5.33. The topological polar surface area (TPSA) is 56.8 Å². The third-order valence-electron chi connectivity index (χ3n) is 5.25. The number of hydrogen-bond donors (Lipinski definition) is 1. The number of carbonyl (C=O) groups excluding carboxylic acids is 1. The van der Waals surface area contributed by atoms with Gasteiger partial charge in [0.25, 0.3) is 5.91 Å². The van der Waals surface area contributed by atoms with Crippen LogP contribution in [0.3, 0.4) is 0 Å². The molecule has 0 heterocycles. The van der Waals surface area contributed by atoms with Gasteiger partial charge in [0.15, 0.2) is 0 Å². The van der Waals surface area contributed by atoms with Gasteiger partial charge < -0.3 is 19.5 Å². The molecule has 33 heavy (non-hydrogen) atoms. The third-order valence-corrected chi connectivity index (χ3v) is 5.25. The lowest BCUT2D eigenvalue weighted by Gasteiger charge is -2.13. The van der Waals surface area contributed by atoms with E-state index in [9.17, 15) is 4.79 Å². The first-order valence-corrected chi connectivity index (χ1v) is 10.6. The van der Waals surface area contributed by atoms with E-state index in [1.165, 1.54) is 0 Å². The van der Waals surface area contributed by atoms with E-state index in [1.54, 1.807) is 44.6 Å². The number of nitrogens with one attached hydrogen (secondary N) is 1. The average Bonchev–Trinajstić information content (AvgIpc) is 2.88. The molecule has 5 heteroatoms. The summed E-state index contributed by atoms with van der Waals surface area (Å²) in [6, 6.07) is 30.7. The van der Waals surface area contributed by atoms with E-state index in [1.807, 2.05) is 54.6 Å². The highest BCUT2D eigenvalue weighted by atomic mass is 16.5. The summed E-state index contributed by atoms with van der Waals surface area (Å²) in [5.74, 6) is 1.75. The summed E-state index contributed by atoms with van der Waals surface area (Å²) >= 11 is 0. The molecule has 0 saturated carbocycles. The fraction of sp³-hybridized carbons (Fsp3) is 0.107. The maximum atomic E-state index is 12.8. The monoisotopic (exact) mass is 439 g/mol. The van der Waals surface area contributed by atoms with Gasteiger partial charge in [0, 0.05) is 11.1 Å². The van der Waals surface area contributed by atoms with Crippen molar-refractivity contribution in [3.63, 3.8) is 0 Å². The Bertz CT molecular complexity index is 1220. The number of benzene rings is 4. The fourth-order valence-corrected chi connectivity index (χ4v) is 3.51. The molecule has 0 atom stereocenters. The Balaban J connectivity index is 1.47. The molecule has 0 aliphatic heterocycles. The predicted octanol–water partition coefficient (Wildman–Crippen LogP) is 6.20. The molecule has 0 saturated heterocycles. The first-order chi connectivity index (χ1) is 16.2. The largest absolute Gasteiger partial charge is 0.496 e. The van der Waals surface area contributed by atoms with Crippen LogP contribution in [0.25, 0.3) is 11.1 Å². The summed E-state index contributed by atoms with van der Waals surface area (Å²) in [6.07, 6.45) is 0. The minimum Gasteiger partial charge on any atom is -0.496 e. The van der Waals surface area contributed by atoms with Crippen LogP contribution in [0.2, 0.25) is 0 Å². The van der Waals surface area contributed by atoms with Crippen molar-refractivity contribution in [1.82, 2.24) is 0 Å². The fourth-order valence-electron chi connectivity index (χ4n) is 3.51. The molecule has 1 amide bonds. The maximum absolute atomic E-state index is 12.8. The van der Waals surface area contributed by atoms with Gasteiger partial charge in [0.05, 0.1) is 19.9 Å². The molecule has 0 spiro atoms. The first-order valence-electron chi connectivity index (χ1n) is 10.6. The van der Waals surface area contributed by atoms with Crippen molar-refractivity contribution in [3.05, 3.63) is 108 Å². The van der Waals surface area contributed by atoms with Gasteiger partial charge in [-0.25, -0.2) is 0 Å². The number of amides is 1. The second kappa shape index (κ2) is 10.4. The van der Waals surface area contributed by atoms with Crippen molar-refractivity contribution in [2.75, 3.05) is 19.5 Å². The van der Waals surface area contributed by atoms with Gasteiger partial charge in [-0.3, -0.25) is 4.79 Å². The van der Waals surface area contributed by atoms with Gasteiger partial charge in [-0.05, 0) is 53.6 Å². The van der Waals surface area contributed by atoms with Crippen molar-refractivity contribution < 1.29 is 19.0 Å². The van der Waals surface area contributed by atoms with Gasteiger partial charge in [-0.1, -0.05) is 54.6 Å². The molecule has 4 aromatic rings. The van der Waals surface area contributed by atoms with Crippen molar-refractivity contribution in [3.8, 4) is 28.4 Å². The zero-order valence-electron chi connectivity index (χ0n) is 18.6. The highest BCUT2D eigenvalue weighted by Gasteiger charge is 2.13. The molecule has 4 aromatic carbocycles. The SMILES string of the molecule is COc1ccc(C(=O)Nc2ccccc2OC)cc1COc1ccc(-c2ccccc2)cc1. The van der Waals surface area contributed by atoms with Crippen molar-refractivity contribution in [1.29, 1.82) is 0 Å². The Morgan fingerprint density at radius 1 is 0.727 bits per heavy atom. The number of para-hydroxylation sites is 2. The summed E-state index contributed by atoms with van der Waals surface area (Å²) in [5, 5.41) is 2.89. The maximum Gasteiger partial charge on any atom is 0.255 e. The van der Waals surface area contributed by atoms with E-state index >= 15 is 0 Å². The molecule has 0 aliphatic rings. The van der Waals surface area contributed by atoms with E-state index in [-0.39, 0.29) is 12.5 Å². The van der Waals surface area contributed by atoms with Crippen LogP contribution < -0.4 is 19.5 Å². The molecule has 166 valence electrons. The lowest BCUT2D eigenvalue weighted by Crippen LogP contribution is -2.13. The highest BCUT2D eigenvalue weighted by Crippen LogP contribution is 2.27. The summed E-state index contributed by atoms with van der Waals surface area (Å²) < 4.78 is 16.8. The van der Waals surface area contributed by atoms with Crippen LogP contribution in [0.15, 0.2) is 97.1 Å². The summed E-state index contributed by atoms with van der Waals surface area (Å²) in [5.41, 5.74) is 4.16. The molecule has 0 bridgehead atoms. The molecule has 1 N–H and O–H groups in total. The number of anilines is 1. The van der Waals surface area contributed by atoms with Crippen molar-refractivity contribution in [2.24, 2.45) is 0 Å². The van der Waals surface area contributed by atoms with Crippen LogP contribution >= 0.6 is 0 Å². The van der Waals surface area contributed by atoms with Crippen LogP contribution in [0.1, 0.15) is 15.9 Å². The van der Waals surface area contributed by atoms with Crippen molar-refractivity contribution in [2.45, 2.75) is 6.61 Å². The molecule has 0 radical (unpaired) electrons. The van der Waals surface area contributed by atoms with Gasteiger partial charge in [-0.15, -0.1) is 0 Å². The van der Waals surface area contributed by atoms with E-state index < -0.39 is 0 Å². The Hall–Kier alpha value is -4.25. The molecule has 4 rings (SSSR count). The van der Waals surface area contributed by atoms with Gasteiger partial charge in [0.1, 0.15) is 23.9 Å². The Morgan fingerprint density at radius 3 is 2.12 bits per heavy atom. The number of carbonyl (C=O) groups is 1. The molecular weight excluding hydrogens is 414 g/mol. The van der Waals surface area contributed by atoms with Crippen molar-refractivity contribution >= 4 is 11.6 Å². The molecule has 0 aromatic heterocycles. The van der Waals surface area contributed by atoms with Crippen LogP contribution in [0, 0.1) is 0 Å². The zero-order valence-corrected chi connectivity index (χ0v) is 18.6. The van der Waals surface area contributed by atoms with Gasteiger partial charge in [0.2, 0.25) is 0 Å². The van der Waals surface area contributed by atoms with E-state index in [4.69, 9.17) is 14.2 Å². The number of ether oxygens (including phenoxy) is 3. The van der Waals surface area contributed by atoms with Gasteiger partial charge in [-0.2, -0.15) is 0 Å². The smallest absolute Gasteiger partial charge is 0.255 e. The van der Waals surface area contributed by atoms with E-state index in [0.717, 1.165) is 22.4 Å². The molecule has 0 fully saturated rings. The predicted molar refractivity (Wildman–Crippen MR) is 130 cm³/mol. The second-order valence-electron chi connectivity index (χ2n) is 7.36. The number of methoxy groups -OCH3 is 2. The normalized spacial score (nSPS) is 10.4. The second-order valence-corrected chi connectivity index (χ2v) is 7.36. The average molecular weight is 440 g/mol. The summed E-state index contributed by atoms with van der Waals surface area (Å²) in [4.78, 5) is 12.8. The van der Waals surface area contributed by atoms with Crippen LogP contribution in [0.4, 0.5) is 5.69 Å². The Labute approximate surface area is 193 Å². The van der Waals surface area contributed by atoms with E-state index in [0.29, 0.717) is 22.7 Å². The lowest BCUT2D eigenvalue weighted by molar-refractivity contribution is 0.102. The van der Waals surface area contributed by atoms with Crippen LogP contribution in [-0.4, -0.2) is 20.1 Å². The van der Waals surface area contributed by atoms with Crippen LogP contribution in [0.5, 0.6) is 17.2 Å². The minimum absolute atomic E-state index is 0.240. The van der Waals surface area contributed by atoms with E-state index in [2.05, 4.69) is 17.4 Å². The molecule has 0 aliphatic carbocycles. The quantitative estimate of drug-likeness (QED) is 0.355. The standard InChI is InChI=1S/C28H25NO4/c1-31-26-17-14-22(28(30)29-25-10-6-7-11-27(25)32-2)18-23(26)19-33-24-15-12-21(13-16-24)20-8-4-3-5-9-20/h3-18H,19H2,1-2H3,(H,29,30). The van der Waals surface area contributed by atoms with Gasteiger partial charge >= 0.3 is 0 Å². The number of hydrogen-bond acceptors (Lipinski definition) is 4. The Morgan fingerprint density at radius 2 is 1.39 bits per heavy atom. The molecule has 0 unspecified atom stereocenters. The minimum atomic E-state index is -0.240. The molecular formula is C28H25NO4. The zero-order chi connectivity index (χ0) is 23.0. The first kappa shape index (κ1) is 22.0. The lowest BCUT2D eigenvalue weighted by atomic mass is 10.1. The Kier molecular flexibility index (Phi) is 6.90.